The van der Waals surface area contributed by atoms with E-state index in [1.807, 2.05) is 13.8 Å². The second-order valence-electron chi connectivity index (χ2n) is 5.33. The number of nitrogens with zero attached hydrogens (tertiary/aromatic N) is 1. The van der Waals surface area contributed by atoms with E-state index in [1.165, 1.54) is 6.07 Å². The first-order valence-corrected chi connectivity index (χ1v) is 8.13. The van der Waals surface area contributed by atoms with E-state index in [0.29, 0.717) is 34.7 Å². The Labute approximate surface area is 141 Å². The van der Waals surface area contributed by atoms with Crippen molar-refractivity contribution < 1.29 is 9.53 Å². The third-order valence-electron chi connectivity index (χ3n) is 2.72. The first-order valence-electron chi connectivity index (χ1n) is 7.37. The molecule has 22 heavy (non-hydrogen) atoms. The van der Waals surface area contributed by atoms with Crippen molar-refractivity contribution >= 4 is 35.1 Å². The molecule has 0 fully saturated rings. The standard InChI is InChI=1S/C16H22Cl2N2O2/c1-4-5-8-19-16(22-10-11(2)3)20-15(21)12-6-7-13(17)14(18)9-12/h6-7,9,11H,4-5,8,10H2,1-3H3,(H,19,20,21). The summed E-state index contributed by atoms with van der Waals surface area (Å²) in [7, 11) is 0. The van der Waals surface area contributed by atoms with Crippen molar-refractivity contribution in [3.05, 3.63) is 33.8 Å². The molecule has 0 aliphatic heterocycles. The van der Waals surface area contributed by atoms with Gasteiger partial charge in [-0.25, -0.2) is 4.99 Å². The second-order valence-corrected chi connectivity index (χ2v) is 6.14. The van der Waals surface area contributed by atoms with Gasteiger partial charge in [0.25, 0.3) is 11.9 Å². The smallest absolute Gasteiger partial charge is 0.291 e. The van der Waals surface area contributed by atoms with Crippen molar-refractivity contribution in [2.45, 2.75) is 33.6 Å². The Morgan fingerprint density at radius 2 is 2.05 bits per heavy atom. The Morgan fingerprint density at radius 3 is 2.64 bits per heavy atom. The largest absolute Gasteiger partial charge is 0.465 e. The third-order valence-corrected chi connectivity index (χ3v) is 3.46. The number of rotatable bonds is 6. The Morgan fingerprint density at radius 1 is 1.32 bits per heavy atom. The average Bonchev–Trinajstić information content (AvgIpc) is 2.47. The highest BCUT2D eigenvalue weighted by Gasteiger charge is 2.12. The summed E-state index contributed by atoms with van der Waals surface area (Å²) in [4.78, 5) is 16.5. The molecule has 6 heteroatoms. The van der Waals surface area contributed by atoms with Gasteiger partial charge < -0.3 is 4.74 Å². The van der Waals surface area contributed by atoms with Gasteiger partial charge in [-0.2, -0.15) is 0 Å². The van der Waals surface area contributed by atoms with Gasteiger partial charge in [0, 0.05) is 12.1 Å². The number of hydrogen-bond acceptors (Lipinski definition) is 3. The highest BCUT2D eigenvalue weighted by Crippen LogP contribution is 2.22. The van der Waals surface area contributed by atoms with Crippen molar-refractivity contribution in [3.8, 4) is 0 Å². The van der Waals surface area contributed by atoms with E-state index in [9.17, 15) is 4.79 Å². The van der Waals surface area contributed by atoms with E-state index in [1.54, 1.807) is 12.1 Å². The number of amidine groups is 1. The maximum atomic E-state index is 12.2. The van der Waals surface area contributed by atoms with Crippen LogP contribution in [0.3, 0.4) is 0 Å². The lowest BCUT2D eigenvalue weighted by molar-refractivity contribution is 0.0963. The van der Waals surface area contributed by atoms with Crippen molar-refractivity contribution in [1.29, 1.82) is 0 Å². The summed E-state index contributed by atoms with van der Waals surface area (Å²) in [5, 5.41) is 3.42. The first kappa shape index (κ1) is 18.8. The lowest BCUT2D eigenvalue weighted by Crippen LogP contribution is -2.33. The van der Waals surface area contributed by atoms with Gasteiger partial charge in [0.15, 0.2) is 0 Å². The molecule has 0 radical (unpaired) electrons. The molecule has 1 aromatic rings. The Kier molecular flexibility index (Phi) is 8.28. The summed E-state index contributed by atoms with van der Waals surface area (Å²) in [5.41, 5.74) is 0.408. The van der Waals surface area contributed by atoms with Gasteiger partial charge in [0.05, 0.1) is 16.7 Å². The number of amides is 1. The molecule has 0 saturated carbocycles. The van der Waals surface area contributed by atoms with Crippen LogP contribution in [0.25, 0.3) is 0 Å². The van der Waals surface area contributed by atoms with Crippen molar-refractivity contribution in [2.24, 2.45) is 10.9 Å². The first-order chi connectivity index (χ1) is 10.4. The molecule has 0 saturated heterocycles. The minimum atomic E-state index is -0.322. The fourth-order valence-electron chi connectivity index (χ4n) is 1.51. The molecule has 0 spiro atoms. The van der Waals surface area contributed by atoms with Gasteiger partial charge in [-0.3, -0.25) is 10.1 Å². The molecule has 1 aromatic carbocycles. The van der Waals surface area contributed by atoms with Crippen LogP contribution in [-0.4, -0.2) is 25.1 Å². The van der Waals surface area contributed by atoms with Gasteiger partial charge in [-0.15, -0.1) is 0 Å². The quantitative estimate of drug-likeness (QED) is 0.467. The van der Waals surface area contributed by atoms with Gasteiger partial charge in [0.1, 0.15) is 0 Å². The molecule has 0 aliphatic rings. The average molecular weight is 345 g/mol. The van der Waals surface area contributed by atoms with Crippen molar-refractivity contribution in [3.63, 3.8) is 0 Å². The molecule has 0 heterocycles. The monoisotopic (exact) mass is 344 g/mol. The lowest BCUT2D eigenvalue weighted by Gasteiger charge is -2.12. The number of ether oxygens (including phenoxy) is 1. The minimum absolute atomic E-state index is 0.248. The molecule has 0 atom stereocenters. The number of aliphatic imine (C=N–C) groups is 1. The number of nitrogens with one attached hydrogen (secondary N) is 1. The molecule has 0 aromatic heterocycles. The molecule has 0 unspecified atom stereocenters. The predicted molar refractivity (Wildman–Crippen MR) is 91.9 cm³/mol. The number of halogens is 2. The van der Waals surface area contributed by atoms with Gasteiger partial charge in [0.2, 0.25) is 0 Å². The van der Waals surface area contributed by atoms with E-state index in [-0.39, 0.29) is 11.9 Å². The summed E-state index contributed by atoms with van der Waals surface area (Å²) in [6.45, 7) is 7.26. The maximum Gasteiger partial charge on any atom is 0.291 e. The van der Waals surface area contributed by atoms with Crippen LogP contribution in [0, 0.1) is 5.92 Å². The van der Waals surface area contributed by atoms with Gasteiger partial charge in [-0.05, 0) is 30.5 Å². The molecule has 1 rings (SSSR count). The fourth-order valence-corrected chi connectivity index (χ4v) is 1.81. The van der Waals surface area contributed by atoms with Crippen LogP contribution in [0.5, 0.6) is 0 Å². The fraction of sp³-hybridized carbons (Fsp3) is 0.500. The normalized spacial score (nSPS) is 11.6. The number of benzene rings is 1. The van der Waals surface area contributed by atoms with Crippen LogP contribution in [0.1, 0.15) is 44.0 Å². The molecule has 0 aliphatic carbocycles. The number of carbonyl (C=O) groups excluding carboxylic acids is 1. The molecular weight excluding hydrogens is 323 g/mol. The van der Waals surface area contributed by atoms with Gasteiger partial charge in [-0.1, -0.05) is 50.4 Å². The summed E-state index contributed by atoms with van der Waals surface area (Å²) in [6.07, 6.45) is 1.97. The van der Waals surface area contributed by atoms with Crippen molar-refractivity contribution in [1.82, 2.24) is 5.32 Å². The van der Waals surface area contributed by atoms with E-state index in [0.717, 1.165) is 12.8 Å². The number of carbonyl (C=O) groups is 1. The summed E-state index contributed by atoms with van der Waals surface area (Å²) < 4.78 is 5.56. The highest BCUT2D eigenvalue weighted by molar-refractivity contribution is 6.42. The lowest BCUT2D eigenvalue weighted by atomic mass is 10.2. The van der Waals surface area contributed by atoms with E-state index >= 15 is 0 Å². The minimum Gasteiger partial charge on any atom is -0.465 e. The summed E-state index contributed by atoms with van der Waals surface area (Å²) in [5.74, 6) is 0.0239. The van der Waals surface area contributed by atoms with Gasteiger partial charge >= 0.3 is 0 Å². The second kappa shape index (κ2) is 9.70. The molecule has 1 amide bonds. The topological polar surface area (TPSA) is 50.7 Å². The molecular formula is C16H22Cl2N2O2. The van der Waals surface area contributed by atoms with Crippen LogP contribution < -0.4 is 5.32 Å². The van der Waals surface area contributed by atoms with E-state index < -0.39 is 0 Å². The van der Waals surface area contributed by atoms with Crippen molar-refractivity contribution in [2.75, 3.05) is 13.2 Å². The van der Waals surface area contributed by atoms with E-state index in [4.69, 9.17) is 27.9 Å². The molecule has 1 N–H and O–H groups in total. The number of hydrogen-bond donors (Lipinski definition) is 1. The molecule has 0 bridgehead atoms. The van der Waals surface area contributed by atoms with Crippen LogP contribution in [-0.2, 0) is 4.74 Å². The Balaban J connectivity index is 2.75. The summed E-state index contributed by atoms with van der Waals surface area (Å²) in [6, 6.07) is 4.96. The third kappa shape index (κ3) is 6.67. The van der Waals surface area contributed by atoms with Crippen LogP contribution in [0.15, 0.2) is 23.2 Å². The zero-order valence-electron chi connectivity index (χ0n) is 13.2. The zero-order valence-corrected chi connectivity index (χ0v) is 14.7. The number of unbranched alkanes of at least 4 members (excludes halogenated alkanes) is 1. The zero-order chi connectivity index (χ0) is 16.5. The highest BCUT2D eigenvalue weighted by atomic mass is 35.5. The van der Waals surface area contributed by atoms with E-state index in [2.05, 4.69) is 17.2 Å². The predicted octanol–water partition coefficient (Wildman–Crippen LogP) is 4.55. The van der Waals surface area contributed by atoms with Crippen LogP contribution in [0.4, 0.5) is 0 Å². The molecule has 4 nitrogen and oxygen atoms in total. The molecule has 122 valence electrons. The SMILES string of the molecule is CCCCN=C(NC(=O)c1ccc(Cl)c(Cl)c1)OCC(C)C. The summed E-state index contributed by atoms with van der Waals surface area (Å²) >= 11 is 11.8. The Hall–Kier alpha value is -1.26. The van der Waals surface area contributed by atoms with Crippen LogP contribution in [0.2, 0.25) is 10.0 Å². The maximum absolute atomic E-state index is 12.2. The van der Waals surface area contributed by atoms with Crippen LogP contribution >= 0.6 is 23.2 Å². The Bertz CT molecular complexity index is 531.